The zero-order valence-electron chi connectivity index (χ0n) is 17.2. The van der Waals surface area contributed by atoms with Crippen LogP contribution in [0.5, 0.6) is 0 Å². The van der Waals surface area contributed by atoms with E-state index in [0.29, 0.717) is 17.5 Å². The fourth-order valence-corrected chi connectivity index (χ4v) is 6.34. The van der Waals surface area contributed by atoms with Gasteiger partial charge in [-0.25, -0.2) is 15.0 Å². The van der Waals surface area contributed by atoms with Gasteiger partial charge in [-0.05, 0) is 30.3 Å². The van der Waals surface area contributed by atoms with Crippen LogP contribution in [-0.2, 0) is 0 Å². The van der Waals surface area contributed by atoms with Crippen LogP contribution in [0.25, 0.3) is 54.3 Å². The first kappa shape index (κ1) is 20.7. The minimum absolute atomic E-state index is 0.636. The average Bonchev–Trinajstić information content (AvgIpc) is 3.21. The third kappa shape index (κ3) is 3.99. The molecule has 0 aliphatic heterocycles. The predicted molar refractivity (Wildman–Crippen MR) is 144 cm³/mol. The molecular formula is C27H15Br2N3S. The first-order valence-corrected chi connectivity index (χ1v) is 12.7. The SMILES string of the molecule is Brc1cc(Br)cc(-c2nc(-c3ccccc3)nc(-c3ccc4c(c3)sc3ccccc34)n2)c1. The molecule has 0 spiro atoms. The van der Waals surface area contributed by atoms with E-state index in [0.717, 1.165) is 25.6 Å². The molecule has 4 aromatic carbocycles. The summed E-state index contributed by atoms with van der Waals surface area (Å²) in [5.41, 5.74) is 2.85. The Bertz CT molecular complexity index is 1620. The van der Waals surface area contributed by atoms with Gasteiger partial charge < -0.3 is 0 Å². The number of benzene rings is 4. The van der Waals surface area contributed by atoms with Gasteiger partial charge in [0.2, 0.25) is 0 Å². The minimum Gasteiger partial charge on any atom is -0.208 e. The Kier molecular flexibility index (Phi) is 5.29. The molecule has 6 heteroatoms. The Morgan fingerprint density at radius 2 is 1.09 bits per heavy atom. The van der Waals surface area contributed by atoms with Crippen LogP contribution in [0.3, 0.4) is 0 Å². The van der Waals surface area contributed by atoms with Crippen molar-refractivity contribution in [3.63, 3.8) is 0 Å². The summed E-state index contributed by atoms with van der Waals surface area (Å²) in [6, 6.07) is 31.0. The van der Waals surface area contributed by atoms with Crippen molar-refractivity contribution < 1.29 is 0 Å². The van der Waals surface area contributed by atoms with E-state index in [-0.39, 0.29) is 0 Å². The molecule has 6 rings (SSSR count). The molecule has 2 heterocycles. The molecule has 0 amide bonds. The lowest BCUT2D eigenvalue weighted by molar-refractivity contribution is 1.07. The zero-order valence-corrected chi connectivity index (χ0v) is 21.2. The van der Waals surface area contributed by atoms with Crippen LogP contribution in [0.4, 0.5) is 0 Å². The van der Waals surface area contributed by atoms with Gasteiger partial charge in [-0.3, -0.25) is 0 Å². The molecule has 0 radical (unpaired) electrons. The van der Waals surface area contributed by atoms with Gasteiger partial charge in [0.15, 0.2) is 17.5 Å². The summed E-state index contributed by atoms with van der Waals surface area (Å²) >= 11 is 8.95. The van der Waals surface area contributed by atoms with E-state index in [2.05, 4.69) is 74.3 Å². The maximum absolute atomic E-state index is 4.88. The van der Waals surface area contributed by atoms with E-state index >= 15 is 0 Å². The number of hydrogen-bond donors (Lipinski definition) is 0. The molecule has 6 aromatic rings. The van der Waals surface area contributed by atoms with Gasteiger partial charge in [0.1, 0.15) is 0 Å². The number of fused-ring (bicyclic) bond motifs is 3. The smallest absolute Gasteiger partial charge is 0.164 e. The Morgan fingerprint density at radius 3 is 1.85 bits per heavy atom. The van der Waals surface area contributed by atoms with Crippen molar-refractivity contribution in [2.75, 3.05) is 0 Å². The molecule has 0 saturated carbocycles. The summed E-state index contributed by atoms with van der Waals surface area (Å²) in [6.07, 6.45) is 0. The third-order valence-corrected chi connectivity index (χ3v) is 7.47. The second-order valence-electron chi connectivity index (χ2n) is 7.64. The highest BCUT2D eigenvalue weighted by Gasteiger charge is 2.14. The molecule has 0 N–H and O–H groups in total. The molecule has 33 heavy (non-hydrogen) atoms. The van der Waals surface area contributed by atoms with E-state index < -0.39 is 0 Å². The summed E-state index contributed by atoms with van der Waals surface area (Å²) < 4.78 is 4.43. The summed E-state index contributed by atoms with van der Waals surface area (Å²) in [4.78, 5) is 14.6. The number of hydrogen-bond acceptors (Lipinski definition) is 4. The molecule has 0 atom stereocenters. The Hall–Kier alpha value is -2.93. The zero-order chi connectivity index (χ0) is 22.4. The second-order valence-corrected chi connectivity index (χ2v) is 10.6. The Balaban J connectivity index is 1.57. The average molecular weight is 573 g/mol. The third-order valence-electron chi connectivity index (χ3n) is 5.43. The van der Waals surface area contributed by atoms with Crippen LogP contribution < -0.4 is 0 Å². The van der Waals surface area contributed by atoms with Crippen molar-refractivity contribution in [2.45, 2.75) is 0 Å². The van der Waals surface area contributed by atoms with Crippen LogP contribution in [0.15, 0.2) is 99.9 Å². The largest absolute Gasteiger partial charge is 0.208 e. The highest BCUT2D eigenvalue weighted by Crippen LogP contribution is 2.36. The monoisotopic (exact) mass is 571 g/mol. The molecule has 3 nitrogen and oxygen atoms in total. The normalized spacial score (nSPS) is 11.3. The molecule has 0 unspecified atom stereocenters. The van der Waals surface area contributed by atoms with E-state index in [1.807, 2.05) is 48.5 Å². The summed E-state index contributed by atoms with van der Waals surface area (Å²) in [6.45, 7) is 0. The standard InChI is InChI=1S/C27H15Br2N3S/c28-19-12-18(13-20(29)15-19)27-31-25(16-6-2-1-3-7-16)30-26(32-27)17-10-11-22-21-8-4-5-9-23(21)33-24(22)14-17/h1-15H. The topological polar surface area (TPSA) is 38.7 Å². The van der Waals surface area contributed by atoms with E-state index in [9.17, 15) is 0 Å². The van der Waals surface area contributed by atoms with E-state index in [1.165, 1.54) is 20.2 Å². The Labute approximate surface area is 211 Å². The number of nitrogens with zero attached hydrogens (tertiary/aromatic N) is 3. The molecule has 0 saturated heterocycles. The van der Waals surface area contributed by atoms with Crippen molar-refractivity contribution in [3.05, 3.63) is 99.9 Å². The lowest BCUT2D eigenvalue weighted by Gasteiger charge is -2.09. The van der Waals surface area contributed by atoms with Crippen molar-refractivity contribution in [2.24, 2.45) is 0 Å². The fraction of sp³-hybridized carbons (Fsp3) is 0. The maximum atomic E-state index is 4.88. The molecule has 0 bridgehead atoms. The molecule has 2 aromatic heterocycles. The molecule has 0 aliphatic carbocycles. The van der Waals surface area contributed by atoms with Gasteiger partial charge in [-0.15, -0.1) is 11.3 Å². The van der Waals surface area contributed by atoms with Crippen molar-refractivity contribution >= 4 is 63.4 Å². The number of halogens is 2. The van der Waals surface area contributed by atoms with Gasteiger partial charge in [-0.2, -0.15) is 0 Å². The van der Waals surface area contributed by atoms with Gasteiger partial charge in [-0.1, -0.05) is 92.5 Å². The van der Waals surface area contributed by atoms with Gasteiger partial charge in [0, 0.05) is 45.8 Å². The summed E-state index contributed by atoms with van der Waals surface area (Å²) in [5.74, 6) is 1.95. The summed E-state index contributed by atoms with van der Waals surface area (Å²) in [7, 11) is 0. The lowest BCUT2D eigenvalue weighted by Crippen LogP contribution is -2.00. The van der Waals surface area contributed by atoms with Gasteiger partial charge >= 0.3 is 0 Å². The quantitative estimate of drug-likeness (QED) is 0.213. The first-order valence-electron chi connectivity index (χ1n) is 10.3. The van der Waals surface area contributed by atoms with Crippen LogP contribution in [0.1, 0.15) is 0 Å². The Morgan fingerprint density at radius 1 is 0.485 bits per heavy atom. The van der Waals surface area contributed by atoms with Crippen LogP contribution >= 0.6 is 43.2 Å². The maximum Gasteiger partial charge on any atom is 0.164 e. The van der Waals surface area contributed by atoms with E-state index in [4.69, 9.17) is 15.0 Å². The minimum atomic E-state index is 0.636. The van der Waals surface area contributed by atoms with Crippen molar-refractivity contribution in [3.8, 4) is 34.2 Å². The van der Waals surface area contributed by atoms with Gasteiger partial charge in [0.05, 0.1) is 0 Å². The van der Waals surface area contributed by atoms with Crippen LogP contribution in [0.2, 0.25) is 0 Å². The van der Waals surface area contributed by atoms with E-state index in [1.54, 1.807) is 11.3 Å². The number of rotatable bonds is 3. The molecular weight excluding hydrogens is 558 g/mol. The number of aromatic nitrogens is 3. The number of thiophene rings is 1. The van der Waals surface area contributed by atoms with Crippen LogP contribution in [-0.4, -0.2) is 15.0 Å². The molecule has 158 valence electrons. The van der Waals surface area contributed by atoms with Gasteiger partial charge in [0.25, 0.3) is 0 Å². The predicted octanol–water partition coefficient (Wildman–Crippen LogP) is 8.77. The lowest BCUT2D eigenvalue weighted by atomic mass is 10.1. The van der Waals surface area contributed by atoms with Crippen molar-refractivity contribution in [1.82, 2.24) is 15.0 Å². The van der Waals surface area contributed by atoms with Crippen molar-refractivity contribution in [1.29, 1.82) is 0 Å². The second kappa shape index (κ2) is 8.45. The first-order chi connectivity index (χ1) is 16.1. The molecule has 0 aliphatic rings. The van der Waals surface area contributed by atoms with Crippen LogP contribution in [0, 0.1) is 0 Å². The summed E-state index contributed by atoms with van der Waals surface area (Å²) in [5, 5.41) is 2.54. The highest BCUT2D eigenvalue weighted by atomic mass is 79.9. The fourth-order valence-electron chi connectivity index (χ4n) is 3.90. The highest BCUT2D eigenvalue weighted by molar-refractivity contribution is 9.11. The molecule has 0 fully saturated rings.